The van der Waals surface area contributed by atoms with Crippen LogP contribution in [0.3, 0.4) is 0 Å². The van der Waals surface area contributed by atoms with Gasteiger partial charge in [0.1, 0.15) is 5.75 Å². The maximum Gasteiger partial charge on any atom is 0.257 e. The van der Waals surface area contributed by atoms with Gasteiger partial charge in [0.15, 0.2) is 5.11 Å². The number of carbonyl (C=O) groups excluding carboxylic acids is 2. The summed E-state index contributed by atoms with van der Waals surface area (Å²) in [5.74, 6) is 0.202. The Labute approximate surface area is 191 Å². The summed E-state index contributed by atoms with van der Waals surface area (Å²) in [5.41, 5.74) is 1.35. The van der Waals surface area contributed by atoms with Crippen molar-refractivity contribution in [3.63, 3.8) is 0 Å². The van der Waals surface area contributed by atoms with Crippen LogP contribution in [-0.4, -0.2) is 54.2 Å². The lowest BCUT2D eigenvalue weighted by Crippen LogP contribution is -2.40. The predicted octanol–water partition coefficient (Wildman–Crippen LogP) is 3.73. The number of thiocarbonyl (C=S) groups is 1. The summed E-state index contributed by atoms with van der Waals surface area (Å²) in [6.45, 7) is 5.98. The molecule has 1 saturated heterocycles. The largest absolute Gasteiger partial charge is 0.491 e. The highest BCUT2D eigenvalue weighted by molar-refractivity contribution is 7.80. The Kier molecular flexibility index (Phi) is 7.84. The Morgan fingerprint density at radius 2 is 1.74 bits per heavy atom. The van der Waals surface area contributed by atoms with E-state index in [1.807, 2.05) is 13.8 Å². The minimum atomic E-state index is -0.370. The summed E-state index contributed by atoms with van der Waals surface area (Å²) >= 11 is 11.5. The molecule has 0 aliphatic carbocycles. The average molecular weight is 462 g/mol. The fraction of sp³-hybridized carbons (Fsp3) is 0.318. The van der Waals surface area contributed by atoms with Crippen LogP contribution in [0.4, 0.5) is 5.69 Å². The zero-order chi connectivity index (χ0) is 22.4. The fourth-order valence-corrected chi connectivity index (χ4v) is 3.36. The summed E-state index contributed by atoms with van der Waals surface area (Å²) in [4.78, 5) is 26.9. The van der Waals surface area contributed by atoms with Gasteiger partial charge in [-0.05, 0) is 68.5 Å². The molecule has 2 N–H and O–H groups in total. The number of halogens is 1. The third-order valence-electron chi connectivity index (χ3n) is 4.48. The van der Waals surface area contributed by atoms with Crippen LogP contribution in [0.2, 0.25) is 5.02 Å². The molecule has 3 rings (SSSR count). The number of hydrogen-bond acceptors (Lipinski definition) is 5. The summed E-state index contributed by atoms with van der Waals surface area (Å²) < 4.78 is 10.9. The number of hydrogen-bond donors (Lipinski definition) is 2. The number of anilines is 1. The van der Waals surface area contributed by atoms with Gasteiger partial charge in [-0.25, -0.2) is 0 Å². The standard InChI is InChI=1S/C22H24ClN3O4S/c1-14(2)30-17-6-3-15(4-7-17)20(27)25-22(31)24-19-13-16(5-8-18(19)23)21(28)26-9-11-29-12-10-26/h3-8,13-14H,9-12H2,1-2H3,(H2,24,25,27,31). The highest BCUT2D eigenvalue weighted by Gasteiger charge is 2.19. The minimum Gasteiger partial charge on any atom is -0.491 e. The van der Waals surface area contributed by atoms with Gasteiger partial charge in [-0.1, -0.05) is 11.6 Å². The number of amides is 2. The second-order valence-electron chi connectivity index (χ2n) is 7.20. The van der Waals surface area contributed by atoms with Crippen molar-refractivity contribution in [1.29, 1.82) is 0 Å². The normalized spacial score (nSPS) is 13.6. The summed E-state index contributed by atoms with van der Waals surface area (Å²) in [5, 5.41) is 5.96. The third-order valence-corrected chi connectivity index (χ3v) is 5.01. The van der Waals surface area contributed by atoms with Crippen LogP contribution in [0.15, 0.2) is 42.5 Å². The monoisotopic (exact) mass is 461 g/mol. The molecule has 1 fully saturated rings. The van der Waals surface area contributed by atoms with Crippen LogP contribution in [0.25, 0.3) is 0 Å². The van der Waals surface area contributed by atoms with E-state index >= 15 is 0 Å². The van der Waals surface area contributed by atoms with Crippen molar-refractivity contribution < 1.29 is 19.1 Å². The molecular formula is C22H24ClN3O4S. The Bertz CT molecular complexity index is 960. The first-order chi connectivity index (χ1) is 14.8. The Morgan fingerprint density at radius 3 is 2.39 bits per heavy atom. The molecular weight excluding hydrogens is 438 g/mol. The second-order valence-corrected chi connectivity index (χ2v) is 8.01. The number of nitrogens with one attached hydrogen (secondary N) is 2. The van der Waals surface area contributed by atoms with Crippen LogP contribution in [0, 0.1) is 0 Å². The van der Waals surface area contributed by atoms with E-state index in [-0.39, 0.29) is 23.0 Å². The smallest absolute Gasteiger partial charge is 0.257 e. The highest BCUT2D eigenvalue weighted by Crippen LogP contribution is 2.24. The first-order valence-corrected chi connectivity index (χ1v) is 10.7. The van der Waals surface area contributed by atoms with E-state index in [9.17, 15) is 9.59 Å². The topological polar surface area (TPSA) is 79.9 Å². The van der Waals surface area contributed by atoms with Crippen molar-refractivity contribution in [2.45, 2.75) is 20.0 Å². The van der Waals surface area contributed by atoms with Gasteiger partial charge < -0.3 is 19.7 Å². The first kappa shape index (κ1) is 23.0. The molecule has 164 valence electrons. The molecule has 7 nitrogen and oxygen atoms in total. The van der Waals surface area contributed by atoms with Gasteiger partial charge in [-0.3, -0.25) is 14.9 Å². The van der Waals surface area contributed by atoms with Gasteiger partial charge in [0.05, 0.1) is 30.0 Å². The van der Waals surface area contributed by atoms with Gasteiger partial charge in [0.25, 0.3) is 11.8 Å². The molecule has 0 bridgehead atoms. The SMILES string of the molecule is CC(C)Oc1ccc(C(=O)NC(=S)Nc2cc(C(=O)N3CCOCC3)ccc2Cl)cc1. The molecule has 0 unspecified atom stereocenters. The Morgan fingerprint density at radius 1 is 1.10 bits per heavy atom. The molecule has 1 heterocycles. The second kappa shape index (κ2) is 10.6. The maximum absolute atomic E-state index is 12.7. The summed E-state index contributed by atoms with van der Waals surface area (Å²) in [6.07, 6.45) is 0.0482. The number of carbonyl (C=O) groups is 2. The van der Waals surface area contributed by atoms with Crippen molar-refractivity contribution in [2.75, 3.05) is 31.6 Å². The molecule has 9 heteroatoms. The van der Waals surface area contributed by atoms with Gasteiger partial charge in [0, 0.05) is 24.2 Å². The van der Waals surface area contributed by atoms with E-state index < -0.39 is 0 Å². The predicted molar refractivity (Wildman–Crippen MR) is 124 cm³/mol. The zero-order valence-corrected chi connectivity index (χ0v) is 18.9. The lowest BCUT2D eigenvalue weighted by Gasteiger charge is -2.27. The Balaban J connectivity index is 1.63. The molecule has 2 aromatic carbocycles. The molecule has 0 atom stereocenters. The fourth-order valence-electron chi connectivity index (χ4n) is 2.99. The molecule has 2 amide bonds. The maximum atomic E-state index is 12.7. The Hall–Kier alpha value is -2.68. The van der Waals surface area contributed by atoms with Gasteiger partial charge in [-0.15, -0.1) is 0 Å². The lowest BCUT2D eigenvalue weighted by molar-refractivity contribution is 0.0303. The lowest BCUT2D eigenvalue weighted by atomic mass is 10.1. The summed E-state index contributed by atoms with van der Waals surface area (Å²) in [7, 11) is 0. The van der Waals surface area contributed by atoms with Gasteiger partial charge in [-0.2, -0.15) is 0 Å². The van der Waals surface area contributed by atoms with Gasteiger partial charge >= 0.3 is 0 Å². The molecule has 1 aliphatic rings. The molecule has 0 saturated carbocycles. The van der Waals surface area contributed by atoms with E-state index in [4.69, 9.17) is 33.3 Å². The van der Waals surface area contributed by atoms with Crippen molar-refractivity contribution in [3.05, 3.63) is 58.6 Å². The van der Waals surface area contributed by atoms with Crippen molar-refractivity contribution in [1.82, 2.24) is 10.2 Å². The van der Waals surface area contributed by atoms with E-state index in [0.29, 0.717) is 53.9 Å². The molecule has 31 heavy (non-hydrogen) atoms. The van der Waals surface area contributed by atoms with E-state index in [2.05, 4.69) is 10.6 Å². The molecule has 1 aliphatic heterocycles. The van der Waals surface area contributed by atoms with E-state index in [1.54, 1.807) is 47.4 Å². The number of nitrogens with zero attached hydrogens (tertiary/aromatic N) is 1. The van der Waals surface area contributed by atoms with E-state index in [1.165, 1.54) is 0 Å². The van der Waals surface area contributed by atoms with Crippen molar-refractivity contribution in [3.8, 4) is 5.75 Å². The molecule has 0 radical (unpaired) electrons. The van der Waals surface area contributed by atoms with Crippen molar-refractivity contribution in [2.24, 2.45) is 0 Å². The van der Waals surface area contributed by atoms with Crippen LogP contribution in [0.1, 0.15) is 34.6 Å². The molecule has 0 aromatic heterocycles. The minimum absolute atomic E-state index is 0.0482. The average Bonchev–Trinajstić information content (AvgIpc) is 2.75. The van der Waals surface area contributed by atoms with Crippen molar-refractivity contribution >= 4 is 46.4 Å². The van der Waals surface area contributed by atoms with E-state index in [0.717, 1.165) is 0 Å². The molecule has 0 spiro atoms. The number of rotatable bonds is 5. The third kappa shape index (κ3) is 6.40. The zero-order valence-electron chi connectivity index (χ0n) is 17.3. The molecule has 2 aromatic rings. The first-order valence-electron chi connectivity index (χ1n) is 9.89. The number of ether oxygens (including phenoxy) is 2. The van der Waals surface area contributed by atoms with Crippen LogP contribution >= 0.6 is 23.8 Å². The quantitative estimate of drug-likeness (QED) is 0.660. The summed E-state index contributed by atoms with van der Waals surface area (Å²) in [6, 6.07) is 11.7. The van der Waals surface area contributed by atoms with Crippen LogP contribution in [0.5, 0.6) is 5.75 Å². The number of morpholine rings is 1. The van der Waals surface area contributed by atoms with Crippen LogP contribution < -0.4 is 15.4 Å². The van der Waals surface area contributed by atoms with Gasteiger partial charge in [0.2, 0.25) is 0 Å². The highest BCUT2D eigenvalue weighted by atomic mass is 35.5. The van der Waals surface area contributed by atoms with Crippen LogP contribution in [-0.2, 0) is 4.74 Å². The number of benzene rings is 2.